The molecule has 0 spiro atoms. The van der Waals surface area contributed by atoms with Crippen LogP contribution in [0.25, 0.3) is 0 Å². The summed E-state index contributed by atoms with van der Waals surface area (Å²) >= 11 is 0. The molecule has 6 heteroatoms. The van der Waals surface area contributed by atoms with Crippen LogP contribution in [0.4, 0.5) is 0 Å². The van der Waals surface area contributed by atoms with E-state index in [1.165, 1.54) is 0 Å². The van der Waals surface area contributed by atoms with E-state index in [2.05, 4.69) is 23.9 Å². The van der Waals surface area contributed by atoms with Crippen molar-refractivity contribution in [3.63, 3.8) is 0 Å². The molecule has 0 N–H and O–H groups in total. The fourth-order valence-corrected chi connectivity index (χ4v) is 3.22. The van der Waals surface area contributed by atoms with Gasteiger partial charge in [0.25, 0.3) is 0 Å². The number of esters is 2. The van der Waals surface area contributed by atoms with Crippen molar-refractivity contribution in [2.75, 3.05) is 40.3 Å². The Morgan fingerprint density at radius 1 is 0.621 bits per heavy atom. The second-order valence-corrected chi connectivity index (χ2v) is 8.02. The summed E-state index contributed by atoms with van der Waals surface area (Å²) < 4.78 is 10.9. The van der Waals surface area contributed by atoms with Gasteiger partial charge in [-0.2, -0.15) is 0 Å². The lowest BCUT2D eigenvalue weighted by Gasteiger charge is -2.20. The number of carbonyl (C=O) groups is 2. The van der Waals surface area contributed by atoms with Gasteiger partial charge in [-0.25, -0.2) is 0 Å². The van der Waals surface area contributed by atoms with E-state index in [0.29, 0.717) is 12.8 Å². The average Bonchev–Trinajstić information content (AvgIpc) is 2.70. The van der Waals surface area contributed by atoms with Gasteiger partial charge in [0.05, 0.1) is 0 Å². The molecule has 0 bridgehead atoms. The molecule has 0 amide bonds. The predicted octanol–water partition coefficient (Wildman–Crippen LogP) is 4.26. The second-order valence-electron chi connectivity index (χ2n) is 8.02. The molecule has 0 fully saturated rings. The molecule has 0 aliphatic rings. The molecule has 6 nitrogen and oxygen atoms in total. The van der Waals surface area contributed by atoms with Crippen LogP contribution in [-0.2, 0) is 19.1 Å². The van der Waals surface area contributed by atoms with Gasteiger partial charge in [0.1, 0.15) is 12.2 Å². The Hall–Kier alpha value is -1.14. The van der Waals surface area contributed by atoms with E-state index in [0.717, 1.165) is 71.1 Å². The molecular weight excluding hydrogens is 368 g/mol. The number of hydrogen-bond donors (Lipinski definition) is 0. The quantitative estimate of drug-likeness (QED) is 0.312. The minimum Gasteiger partial charge on any atom is -0.462 e. The third kappa shape index (κ3) is 15.4. The summed E-state index contributed by atoms with van der Waals surface area (Å²) in [6.45, 7) is 12.0. The number of ether oxygens (including phenoxy) is 2. The zero-order valence-electron chi connectivity index (χ0n) is 19.9. The van der Waals surface area contributed by atoms with Crippen LogP contribution in [-0.4, -0.2) is 74.2 Å². The average molecular weight is 415 g/mol. The highest BCUT2D eigenvalue weighted by molar-refractivity contribution is 5.69. The van der Waals surface area contributed by atoms with Gasteiger partial charge >= 0.3 is 11.9 Å². The van der Waals surface area contributed by atoms with E-state index in [-0.39, 0.29) is 24.1 Å². The summed E-state index contributed by atoms with van der Waals surface area (Å²) in [4.78, 5) is 28.2. The van der Waals surface area contributed by atoms with Crippen LogP contribution in [0.1, 0.15) is 85.5 Å². The van der Waals surface area contributed by atoms with Gasteiger partial charge in [0, 0.05) is 12.8 Å². The first-order chi connectivity index (χ1) is 13.9. The van der Waals surface area contributed by atoms with Crippen molar-refractivity contribution < 1.29 is 19.1 Å². The topological polar surface area (TPSA) is 59.1 Å². The second kappa shape index (κ2) is 17.7. The SMILES string of the molecule is CCC(CC)OC(=O)CCCN(C)CCCN(C)CCCC(=O)OC(CC)CC. The Morgan fingerprint density at radius 3 is 1.24 bits per heavy atom. The predicted molar refractivity (Wildman–Crippen MR) is 119 cm³/mol. The van der Waals surface area contributed by atoms with E-state index in [9.17, 15) is 9.59 Å². The fourth-order valence-electron chi connectivity index (χ4n) is 3.22. The molecule has 0 aromatic carbocycles. The minimum atomic E-state index is -0.0745. The Kier molecular flexibility index (Phi) is 17.0. The summed E-state index contributed by atoms with van der Waals surface area (Å²) in [5.41, 5.74) is 0. The molecule has 172 valence electrons. The molecule has 0 aliphatic carbocycles. The lowest BCUT2D eigenvalue weighted by atomic mass is 10.2. The molecule has 0 saturated carbocycles. The summed E-state index contributed by atoms with van der Waals surface area (Å²) in [7, 11) is 4.19. The van der Waals surface area contributed by atoms with Crippen LogP contribution < -0.4 is 0 Å². The maximum absolute atomic E-state index is 11.8. The highest BCUT2D eigenvalue weighted by Gasteiger charge is 2.12. The summed E-state index contributed by atoms with van der Waals surface area (Å²) in [5, 5.41) is 0. The molecule has 0 unspecified atom stereocenters. The van der Waals surface area contributed by atoms with Crippen molar-refractivity contribution in [2.24, 2.45) is 0 Å². The minimum absolute atomic E-state index is 0.0670. The lowest BCUT2D eigenvalue weighted by Crippen LogP contribution is -2.27. The van der Waals surface area contributed by atoms with Crippen molar-refractivity contribution >= 4 is 11.9 Å². The van der Waals surface area contributed by atoms with Crippen LogP contribution in [0.3, 0.4) is 0 Å². The Labute approximate surface area is 179 Å². The maximum atomic E-state index is 11.8. The van der Waals surface area contributed by atoms with Crippen LogP contribution in [0.15, 0.2) is 0 Å². The van der Waals surface area contributed by atoms with Gasteiger partial charge in [-0.3, -0.25) is 9.59 Å². The van der Waals surface area contributed by atoms with Gasteiger partial charge in [0.15, 0.2) is 0 Å². The van der Waals surface area contributed by atoms with E-state index in [4.69, 9.17) is 9.47 Å². The normalized spacial score (nSPS) is 11.7. The molecule has 0 saturated heterocycles. The van der Waals surface area contributed by atoms with Crippen LogP contribution >= 0.6 is 0 Å². The third-order valence-corrected chi connectivity index (χ3v) is 5.34. The summed E-state index contributed by atoms with van der Waals surface area (Å²) in [6, 6.07) is 0. The van der Waals surface area contributed by atoms with Crippen molar-refractivity contribution in [2.45, 2.75) is 97.7 Å². The maximum Gasteiger partial charge on any atom is 0.306 e. The van der Waals surface area contributed by atoms with Gasteiger partial charge < -0.3 is 19.3 Å². The standard InChI is InChI=1S/C23H46N2O4/c1-7-20(8-2)28-22(26)14-11-16-24(5)18-13-19-25(6)17-12-15-23(27)29-21(9-3)10-4/h20-21H,7-19H2,1-6H3. The van der Waals surface area contributed by atoms with Crippen molar-refractivity contribution in [1.82, 2.24) is 9.80 Å². The number of nitrogens with zero attached hydrogens (tertiary/aromatic N) is 2. The van der Waals surface area contributed by atoms with E-state index in [1.807, 2.05) is 27.7 Å². The van der Waals surface area contributed by atoms with E-state index in [1.54, 1.807) is 0 Å². The van der Waals surface area contributed by atoms with Gasteiger partial charge in [-0.1, -0.05) is 27.7 Å². The monoisotopic (exact) mass is 414 g/mol. The zero-order chi connectivity index (χ0) is 22.1. The molecule has 0 rings (SSSR count). The largest absolute Gasteiger partial charge is 0.462 e. The summed E-state index contributed by atoms with van der Waals surface area (Å²) in [6.07, 6.45) is 7.40. The molecule has 0 aromatic rings. The van der Waals surface area contributed by atoms with Gasteiger partial charge in [-0.15, -0.1) is 0 Å². The molecule has 0 aromatic heterocycles. The Balaban J connectivity index is 3.74. The molecular formula is C23H46N2O4. The zero-order valence-corrected chi connectivity index (χ0v) is 19.9. The van der Waals surface area contributed by atoms with Crippen molar-refractivity contribution in [1.29, 1.82) is 0 Å². The molecule has 29 heavy (non-hydrogen) atoms. The van der Waals surface area contributed by atoms with E-state index >= 15 is 0 Å². The molecule has 0 atom stereocenters. The first kappa shape index (κ1) is 27.9. The number of rotatable bonds is 18. The highest BCUT2D eigenvalue weighted by Crippen LogP contribution is 2.07. The fraction of sp³-hybridized carbons (Fsp3) is 0.913. The Bertz CT molecular complexity index is 385. The van der Waals surface area contributed by atoms with Gasteiger partial charge in [0.2, 0.25) is 0 Å². The third-order valence-electron chi connectivity index (χ3n) is 5.34. The van der Waals surface area contributed by atoms with E-state index < -0.39 is 0 Å². The number of carbonyl (C=O) groups excluding carboxylic acids is 2. The van der Waals surface area contributed by atoms with Crippen LogP contribution in [0.5, 0.6) is 0 Å². The van der Waals surface area contributed by atoms with Crippen LogP contribution in [0, 0.1) is 0 Å². The van der Waals surface area contributed by atoms with Gasteiger partial charge in [-0.05, 0) is 85.2 Å². The van der Waals surface area contributed by atoms with Crippen molar-refractivity contribution in [3.8, 4) is 0 Å². The smallest absolute Gasteiger partial charge is 0.306 e. The Morgan fingerprint density at radius 2 is 0.931 bits per heavy atom. The van der Waals surface area contributed by atoms with Crippen LogP contribution in [0.2, 0.25) is 0 Å². The number of hydrogen-bond acceptors (Lipinski definition) is 6. The summed E-state index contributed by atoms with van der Waals surface area (Å²) in [5.74, 6) is -0.149. The first-order valence-electron chi connectivity index (χ1n) is 11.6. The van der Waals surface area contributed by atoms with Crippen molar-refractivity contribution in [3.05, 3.63) is 0 Å². The molecule has 0 aliphatic heterocycles. The highest BCUT2D eigenvalue weighted by atomic mass is 16.5. The first-order valence-corrected chi connectivity index (χ1v) is 11.6. The molecule has 0 radical (unpaired) electrons. The molecule has 0 heterocycles. The lowest BCUT2D eigenvalue weighted by molar-refractivity contribution is -0.150.